The molecule has 0 radical (unpaired) electrons. The van der Waals surface area contributed by atoms with E-state index < -0.39 is 0 Å². The van der Waals surface area contributed by atoms with E-state index in [9.17, 15) is 0 Å². The lowest BCUT2D eigenvalue weighted by Gasteiger charge is -2.22. The van der Waals surface area contributed by atoms with Crippen molar-refractivity contribution in [3.63, 3.8) is 0 Å². The third kappa shape index (κ3) is 5.18. The Morgan fingerprint density at radius 2 is 0.962 bits per heavy atom. The summed E-state index contributed by atoms with van der Waals surface area (Å²) >= 11 is 0. The van der Waals surface area contributed by atoms with Crippen molar-refractivity contribution in [2.75, 3.05) is 0 Å². The second kappa shape index (κ2) is 12.3. The second-order valence-corrected chi connectivity index (χ2v) is 14.6. The molecule has 1 aromatic heterocycles. The second-order valence-electron chi connectivity index (χ2n) is 14.6. The van der Waals surface area contributed by atoms with E-state index in [0.717, 1.165) is 33.6 Å². The third-order valence-electron chi connectivity index (χ3n) is 11.1. The first-order valence-electron chi connectivity index (χ1n) is 18.3. The lowest BCUT2D eigenvalue weighted by molar-refractivity contribution is 0.661. The smallest absolute Gasteiger partial charge is 0.160 e. The Morgan fingerprint density at radius 3 is 1.75 bits per heavy atom. The van der Waals surface area contributed by atoms with Crippen LogP contribution >= 0.6 is 0 Å². The van der Waals surface area contributed by atoms with Crippen LogP contribution in [0.4, 0.5) is 0 Å². The zero-order valence-electron chi connectivity index (χ0n) is 29.7. The molecule has 0 spiro atoms. The topological polar surface area (TPSA) is 25.8 Å². The van der Waals surface area contributed by atoms with Gasteiger partial charge in [-0.1, -0.05) is 172 Å². The van der Waals surface area contributed by atoms with Gasteiger partial charge in [0.1, 0.15) is 0 Å². The Morgan fingerprint density at radius 1 is 0.358 bits per heavy atom. The maximum Gasteiger partial charge on any atom is 0.160 e. The van der Waals surface area contributed by atoms with Crippen molar-refractivity contribution >= 4 is 21.5 Å². The van der Waals surface area contributed by atoms with Gasteiger partial charge in [-0.05, 0) is 90.3 Å². The number of fused-ring (bicyclic) bond motifs is 5. The predicted octanol–water partition coefficient (Wildman–Crippen LogP) is 13.4. The van der Waals surface area contributed by atoms with Crippen LogP contribution in [0.2, 0.25) is 0 Å². The Balaban J connectivity index is 1.25. The number of rotatable bonds is 5. The van der Waals surface area contributed by atoms with Gasteiger partial charge in [-0.2, -0.15) is 0 Å². The molecule has 10 rings (SSSR count). The maximum atomic E-state index is 5.41. The fourth-order valence-corrected chi connectivity index (χ4v) is 8.40. The van der Waals surface area contributed by atoms with Crippen LogP contribution in [0, 0.1) is 0 Å². The van der Waals surface area contributed by atoms with Crippen molar-refractivity contribution in [2.24, 2.45) is 0 Å². The van der Waals surface area contributed by atoms with Crippen LogP contribution < -0.4 is 0 Å². The molecule has 8 aromatic carbocycles. The SMILES string of the molecule is CC1(C)c2cc3ccccc3cc2-c2c(-c3ccc4ccccc4c3-c3cc(-c4cccc(-c5ccccc5)c4)nc(-c4ccccc4)n3)cccc21. The maximum absolute atomic E-state index is 5.41. The molecule has 0 saturated carbocycles. The summed E-state index contributed by atoms with van der Waals surface area (Å²) in [7, 11) is 0. The third-order valence-corrected chi connectivity index (χ3v) is 11.1. The molecule has 0 atom stereocenters. The highest BCUT2D eigenvalue weighted by molar-refractivity contribution is 6.08. The van der Waals surface area contributed by atoms with E-state index in [4.69, 9.17) is 9.97 Å². The van der Waals surface area contributed by atoms with Crippen molar-refractivity contribution in [2.45, 2.75) is 19.3 Å². The minimum atomic E-state index is -0.145. The van der Waals surface area contributed by atoms with Gasteiger partial charge in [-0.15, -0.1) is 0 Å². The van der Waals surface area contributed by atoms with E-state index in [1.165, 1.54) is 60.5 Å². The van der Waals surface area contributed by atoms with E-state index >= 15 is 0 Å². The first kappa shape index (κ1) is 31.1. The zero-order chi connectivity index (χ0) is 35.5. The van der Waals surface area contributed by atoms with Crippen LogP contribution in [0.3, 0.4) is 0 Å². The van der Waals surface area contributed by atoms with Gasteiger partial charge in [0.15, 0.2) is 5.82 Å². The molecule has 250 valence electrons. The summed E-state index contributed by atoms with van der Waals surface area (Å²) in [5, 5.41) is 4.88. The van der Waals surface area contributed by atoms with Crippen molar-refractivity contribution < 1.29 is 0 Å². The Hall–Kier alpha value is -6.64. The lowest BCUT2D eigenvalue weighted by atomic mass is 9.81. The monoisotopic (exact) mass is 676 g/mol. The highest BCUT2D eigenvalue weighted by Gasteiger charge is 2.37. The van der Waals surface area contributed by atoms with E-state index in [2.05, 4.69) is 190 Å². The first-order valence-corrected chi connectivity index (χ1v) is 18.3. The van der Waals surface area contributed by atoms with Crippen LogP contribution in [0.15, 0.2) is 182 Å². The van der Waals surface area contributed by atoms with Crippen LogP contribution in [-0.4, -0.2) is 9.97 Å². The fraction of sp³-hybridized carbons (Fsp3) is 0.0588. The van der Waals surface area contributed by atoms with Crippen LogP contribution in [-0.2, 0) is 5.41 Å². The molecule has 0 N–H and O–H groups in total. The first-order chi connectivity index (χ1) is 26.0. The molecule has 0 saturated heterocycles. The molecule has 1 aliphatic rings. The minimum absolute atomic E-state index is 0.145. The average Bonchev–Trinajstić information content (AvgIpc) is 3.45. The summed E-state index contributed by atoms with van der Waals surface area (Å²) in [5.41, 5.74) is 14.9. The Labute approximate surface area is 310 Å². The highest BCUT2D eigenvalue weighted by Crippen LogP contribution is 2.54. The molecule has 2 nitrogen and oxygen atoms in total. The molecule has 0 unspecified atom stereocenters. The minimum Gasteiger partial charge on any atom is -0.228 e. The van der Waals surface area contributed by atoms with Crippen LogP contribution in [0.1, 0.15) is 25.0 Å². The molecular formula is C51H36N2. The number of nitrogens with zero attached hydrogens (tertiary/aromatic N) is 2. The molecule has 1 heterocycles. The lowest BCUT2D eigenvalue weighted by Crippen LogP contribution is -2.14. The van der Waals surface area contributed by atoms with Gasteiger partial charge in [0.2, 0.25) is 0 Å². The number of aromatic nitrogens is 2. The molecule has 0 amide bonds. The van der Waals surface area contributed by atoms with E-state index in [0.29, 0.717) is 5.82 Å². The van der Waals surface area contributed by atoms with E-state index in [1.54, 1.807) is 0 Å². The molecule has 2 heteroatoms. The highest BCUT2D eigenvalue weighted by atomic mass is 14.9. The number of benzene rings is 8. The molecular weight excluding hydrogens is 641 g/mol. The molecule has 0 bridgehead atoms. The van der Waals surface area contributed by atoms with Gasteiger partial charge in [0.25, 0.3) is 0 Å². The molecule has 1 aliphatic carbocycles. The number of hydrogen-bond acceptors (Lipinski definition) is 2. The number of hydrogen-bond donors (Lipinski definition) is 0. The van der Waals surface area contributed by atoms with Gasteiger partial charge >= 0.3 is 0 Å². The van der Waals surface area contributed by atoms with Gasteiger partial charge in [-0.3, -0.25) is 0 Å². The van der Waals surface area contributed by atoms with Crippen LogP contribution in [0.25, 0.3) is 88.8 Å². The van der Waals surface area contributed by atoms with Crippen LogP contribution in [0.5, 0.6) is 0 Å². The quantitative estimate of drug-likeness (QED) is 0.181. The van der Waals surface area contributed by atoms with Crippen molar-refractivity contribution in [3.8, 4) is 67.3 Å². The van der Waals surface area contributed by atoms with Gasteiger partial charge < -0.3 is 0 Å². The Kier molecular flexibility index (Phi) is 7.19. The van der Waals surface area contributed by atoms with Crippen molar-refractivity contribution in [1.29, 1.82) is 0 Å². The van der Waals surface area contributed by atoms with E-state index in [1.807, 2.05) is 6.07 Å². The largest absolute Gasteiger partial charge is 0.228 e. The molecule has 9 aromatic rings. The fourth-order valence-electron chi connectivity index (χ4n) is 8.40. The summed E-state index contributed by atoms with van der Waals surface area (Å²) < 4.78 is 0. The summed E-state index contributed by atoms with van der Waals surface area (Å²) in [5.74, 6) is 0.707. The van der Waals surface area contributed by atoms with Gasteiger partial charge in [0.05, 0.1) is 11.4 Å². The summed E-state index contributed by atoms with van der Waals surface area (Å²) in [6.45, 7) is 4.73. The van der Waals surface area contributed by atoms with E-state index in [-0.39, 0.29) is 5.41 Å². The predicted molar refractivity (Wildman–Crippen MR) is 222 cm³/mol. The van der Waals surface area contributed by atoms with Crippen molar-refractivity contribution in [1.82, 2.24) is 9.97 Å². The summed E-state index contributed by atoms with van der Waals surface area (Å²) in [6, 6.07) is 65.4. The molecule has 0 fully saturated rings. The van der Waals surface area contributed by atoms with Gasteiger partial charge in [-0.25, -0.2) is 9.97 Å². The summed E-state index contributed by atoms with van der Waals surface area (Å²) in [4.78, 5) is 10.7. The summed E-state index contributed by atoms with van der Waals surface area (Å²) in [6.07, 6.45) is 0. The normalized spacial score (nSPS) is 12.9. The average molecular weight is 677 g/mol. The molecule has 53 heavy (non-hydrogen) atoms. The zero-order valence-corrected chi connectivity index (χ0v) is 29.7. The standard InChI is InChI=1S/C51H36N2/c1-51(2)44-26-14-25-41(48(44)43-30-37-20-9-10-21-38(37)31-45(43)51)42-28-27-34-17-11-12-24-40(34)49(42)47-32-46(52-50(53-47)35-18-7-4-8-19-35)39-23-13-22-36(29-39)33-15-5-3-6-16-33/h3-32H,1-2H3. The molecule has 0 aliphatic heterocycles. The van der Waals surface area contributed by atoms with Crippen molar-refractivity contribution in [3.05, 3.63) is 193 Å². The Bertz CT molecular complexity index is 2850. The van der Waals surface area contributed by atoms with Gasteiger partial charge in [0, 0.05) is 22.1 Å².